The molecule has 0 aliphatic carbocycles. The Morgan fingerprint density at radius 3 is 2.65 bits per heavy atom. The lowest BCUT2D eigenvalue weighted by atomic mass is 10.2. The van der Waals surface area contributed by atoms with Gasteiger partial charge in [0.2, 0.25) is 0 Å². The summed E-state index contributed by atoms with van der Waals surface area (Å²) in [4.78, 5) is 16.1. The van der Waals surface area contributed by atoms with Crippen molar-refractivity contribution in [1.82, 2.24) is 4.90 Å². The molecule has 3 nitrogen and oxygen atoms in total. The molecule has 1 aromatic rings. The van der Waals surface area contributed by atoms with Gasteiger partial charge in [-0.25, -0.2) is 0 Å². The molecule has 0 N–H and O–H groups in total. The predicted octanol–water partition coefficient (Wildman–Crippen LogP) is 2.85. The Kier molecular flexibility index (Phi) is 6.16. The molecule has 0 radical (unpaired) electrons. The molecule has 5 heteroatoms. The third-order valence-electron chi connectivity index (χ3n) is 2.58. The topological polar surface area (TPSA) is 29.5 Å². The Bertz CT molecular complexity index is 359. The van der Waals surface area contributed by atoms with E-state index < -0.39 is 0 Å². The van der Waals surface area contributed by atoms with Crippen LogP contribution in [0.1, 0.15) is 20.1 Å². The molecule has 0 atom stereocenters. The van der Waals surface area contributed by atoms with E-state index in [2.05, 4.69) is 15.9 Å². The number of nitrogens with zero attached hydrogens (tertiary/aromatic N) is 1. The predicted molar refractivity (Wildman–Crippen MR) is 75.4 cm³/mol. The summed E-state index contributed by atoms with van der Waals surface area (Å²) in [7, 11) is 1.65. The number of halogens is 1. The summed E-state index contributed by atoms with van der Waals surface area (Å²) in [6, 6.07) is 1.97. The fourth-order valence-electron chi connectivity index (χ4n) is 1.45. The van der Waals surface area contributed by atoms with Gasteiger partial charge < -0.3 is 9.64 Å². The fraction of sp³-hybridized carbons (Fsp3) is 0.583. The summed E-state index contributed by atoms with van der Waals surface area (Å²) >= 11 is 4.93. The molecule has 0 saturated carbocycles. The van der Waals surface area contributed by atoms with Crippen LogP contribution in [0, 0.1) is 13.8 Å². The molecule has 1 heterocycles. The number of hydrogen-bond donors (Lipinski definition) is 0. The minimum atomic E-state index is 0.0997. The zero-order chi connectivity index (χ0) is 12.8. The van der Waals surface area contributed by atoms with Crippen LogP contribution >= 0.6 is 27.3 Å². The van der Waals surface area contributed by atoms with Crippen LogP contribution < -0.4 is 0 Å². The first-order valence-corrected chi connectivity index (χ1v) is 7.45. The van der Waals surface area contributed by atoms with Gasteiger partial charge >= 0.3 is 0 Å². The molecule has 96 valence electrons. The van der Waals surface area contributed by atoms with E-state index in [1.165, 1.54) is 10.4 Å². The maximum absolute atomic E-state index is 12.3. The highest BCUT2D eigenvalue weighted by atomic mass is 79.9. The average Bonchev–Trinajstić information content (AvgIpc) is 2.64. The quantitative estimate of drug-likeness (QED) is 0.755. The van der Waals surface area contributed by atoms with E-state index in [-0.39, 0.29) is 5.91 Å². The van der Waals surface area contributed by atoms with E-state index in [1.54, 1.807) is 18.4 Å². The molecule has 0 bridgehead atoms. The highest BCUT2D eigenvalue weighted by Crippen LogP contribution is 2.22. The largest absolute Gasteiger partial charge is 0.383 e. The van der Waals surface area contributed by atoms with E-state index in [0.29, 0.717) is 19.7 Å². The van der Waals surface area contributed by atoms with Crippen LogP contribution in [-0.2, 0) is 4.74 Å². The number of hydrogen-bond acceptors (Lipinski definition) is 3. The molecule has 0 saturated heterocycles. The van der Waals surface area contributed by atoms with Crippen LogP contribution in [0.15, 0.2) is 6.07 Å². The van der Waals surface area contributed by atoms with Crippen molar-refractivity contribution in [2.24, 2.45) is 0 Å². The van der Waals surface area contributed by atoms with Crippen LogP contribution in [0.2, 0.25) is 0 Å². The molecule has 0 fully saturated rings. The summed E-state index contributed by atoms with van der Waals surface area (Å²) < 4.78 is 5.03. The molecule has 0 unspecified atom stereocenters. The van der Waals surface area contributed by atoms with Gasteiger partial charge in [0.15, 0.2) is 0 Å². The van der Waals surface area contributed by atoms with Crippen LogP contribution in [0.5, 0.6) is 0 Å². The number of thiophene rings is 1. The molecule has 0 spiro atoms. The van der Waals surface area contributed by atoms with Gasteiger partial charge in [-0.15, -0.1) is 11.3 Å². The monoisotopic (exact) mass is 319 g/mol. The van der Waals surface area contributed by atoms with Crippen LogP contribution in [-0.4, -0.2) is 42.9 Å². The van der Waals surface area contributed by atoms with Gasteiger partial charge in [0.25, 0.3) is 5.91 Å². The first-order valence-electron chi connectivity index (χ1n) is 5.51. The van der Waals surface area contributed by atoms with Gasteiger partial charge in [0.05, 0.1) is 11.5 Å². The number of methoxy groups -OCH3 is 1. The highest BCUT2D eigenvalue weighted by molar-refractivity contribution is 9.09. The van der Waals surface area contributed by atoms with Crippen molar-refractivity contribution in [1.29, 1.82) is 0 Å². The Balaban J connectivity index is 2.76. The smallest absolute Gasteiger partial charge is 0.264 e. The molecule has 0 aliphatic rings. The van der Waals surface area contributed by atoms with Crippen LogP contribution in [0.3, 0.4) is 0 Å². The summed E-state index contributed by atoms with van der Waals surface area (Å²) in [5.41, 5.74) is 1.18. The summed E-state index contributed by atoms with van der Waals surface area (Å²) in [5, 5.41) is 0.784. The average molecular weight is 320 g/mol. The maximum Gasteiger partial charge on any atom is 0.264 e. The van der Waals surface area contributed by atoms with Crippen molar-refractivity contribution in [2.75, 3.05) is 32.1 Å². The minimum Gasteiger partial charge on any atom is -0.383 e. The van der Waals surface area contributed by atoms with E-state index in [0.717, 1.165) is 10.2 Å². The molecule has 0 aliphatic heterocycles. The number of carbonyl (C=O) groups excluding carboxylic acids is 1. The number of ether oxygens (including phenoxy) is 1. The number of aryl methyl sites for hydroxylation is 2. The molecule has 17 heavy (non-hydrogen) atoms. The second-order valence-corrected chi connectivity index (χ2v) is 5.87. The van der Waals surface area contributed by atoms with Crippen molar-refractivity contribution in [3.63, 3.8) is 0 Å². The summed E-state index contributed by atoms with van der Waals surface area (Å²) in [6.07, 6.45) is 0. The van der Waals surface area contributed by atoms with Crippen LogP contribution in [0.25, 0.3) is 0 Å². The molecule has 0 aromatic carbocycles. The molecular weight excluding hydrogens is 302 g/mol. The van der Waals surface area contributed by atoms with Gasteiger partial charge in [0.1, 0.15) is 0 Å². The third-order valence-corrected chi connectivity index (χ3v) is 4.08. The zero-order valence-corrected chi connectivity index (χ0v) is 12.9. The Labute approximate surface area is 115 Å². The van der Waals surface area contributed by atoms with E-state index in [1.807, 2.05) is 24.8 Å². The molecule has 1 aromatic heterocycles. The minimum absolute atomic E-state index is 0.0997. The maximum atomic E-state index is 12.3. The highest BCUT2D eigenvalue weighted by Gasteiger charge is 2.17. The standard InChI is InChI=1S/C12H18BrNO2S/c1-9-8-11(17-10(9)2)12(15)14(5-4-13)6-7-16-3/h8H,4-7H2,1-3H3. The van der Waals surface area contributed by atoms with Gasteiger partial charge in [-0.2, -0.15) is 0 Å². The number of rotatable bonds is 6. The van der Waals surface area contributed by atoms with Gasteiger partial charge in [-0.05, 0) is 25.5 Å². The Morgan fingerprint density at radius 2 is 2.18 bits per heavy atom. The normalized spacial score (nSPS) is 10.6. The summed E-state index contributed by atoms with van der Waals surface area (Å²) in [5.74, 6) is 0.0997. The molecule has 1 amide bonds. The zero-order valence-electron chi connectivity index (χ0n) is 10.5. The Hall–Kier alpha value is -0.390. The van der Waals surface area contributed by atoms with Gasteiger partial charge in [-0.3, -0.25) is 4.79 Å². The first-order chi connectivity index (χ1) is 8.10. The lowest BCUT2D eigenvalue weighted by Crippen LogP contribution is -2.35. The lowest BCUT2D eigenvalue weighted by Gasteiger charge is -2.20. The van der Waals surface area contributed by atoms with E-state index in [4.69, 9.17) is 4.74 Å². The lowest BCUT2D eigenvalue weighted by molar-refractivity contribution is 0.0713. The van der Waals surface area contributed by atoms with Gasteiger partial charge in [-0.1, -0.05) is 15.9 Å². The van der Waals surface area contributed by atoms with Gasteiger partial charge in [0, 0.05) is 30.4 Å². The second-order valence-electron chi connectivity index (χ2n) is 3.82. The van der Waals surface area contributed by atoms with Crippen molar-refractivity contribution in [3.8, 4) is 0 Å². The summed E-state index contributed by atoms with van der Waals surface area (Å²) in [6.45, 7) is 5.99. The van der Waals surface area contributed by atoms with Crippen molar-refractivity contribution < 1.29 is 9.53 Å². The number of amides is 1. The van der Waals surface area contributed by atoms with E-state index >= 15 is 0 Å². The van der Waals surface area contributed by atoms with E-state index in [9.17, 15) is 4.79 Å². The molecule has 1 rings (SSSR count). The third kappa shape index (κ3) is 4.08. The number of carbonyl (C=O) groups is 1. The first kappa shape index (κ1) is 14.7. The van der Waals surface area contributed by atoms with Crippen LogP contribution in [0.4, 0.5) is 0 Å². The Morgan fingerprint density at radius 1 is 1.47 bits per heavy atom. The van der Waals surface area contributed by atoms with Crippen molar-refractivity contribution in [2.45, 2.75) is 13.8 Å². The second kappa shape index (κ2) is 7.13. The van der Waals surface area contributed by atoms with Crippen molar-refractivity contribution in [3.05, 3.63) is 21.4 Å². The molecular formula is C12H18BrNO2S. The van der Waals surface area contributed by atoms with Crippen molar-refractivity contribution >= 4 is 33.2 Å². The fourth-order valence-corrected chi connectivity index (χ4v) is 2.88. The SMILES string of the molecule is COCCN(CCBr)C(=O)c1cc(C)c(C)s1. The number of alkyl halides is 1.